The summed E-state index contributed by atoms with van der Waals surface area (Å²) < 4.78 is 12.1. The number of aliphatic carboxylic acids is 1. The lowest BCUT2D eigenvalue weighted by molar-refractivity contribution is -0.141. The van der Waals surface area contributed by atoms with Crippen molar-refractivity contribution in [2.45, 2.75) is 57.7 Å². The molecule has 0 spiro atoms. The Morgan fingerprint density at radius 1 is 1.02 bits per heavy atom. The van der Waals surface area contributed by atoms with E-state index in [0.717, 1.165) is 64.9 Å². The van der Waals surface area contributed by atoms with Gasteiger partial charge in [-0.3, -0.25) is 24.5 Å². The number of benzene rings is 2. The van der Waals surface area contributed by atoms with Crippen LogP contribution in [0.2, 0.25) is 10.0 Å². The Balaban J connectivity index is 1.05. The van der Waals surface area contributed by atoms with E-state index in [0.29, 0.717) is 84.6 Å². The summed E-state index contributed by atoms with van der Waals surface area (Å²) in [4.78, 5) is 39.0. The lowest BCUT2D eigenvalue weighted by atomic mass is 9.95. The molecule has 3 atom stereocenters. The van der Waals surface area contributed by atoms with E-state index in [2.05, 4.69) is 37.3 Å². The topological polar surface area (TPSA) is 127 Å². The van der Waals surface area contributed by atoms with Gasteiger partial charge in [0.25, 0.3) is 0 Å². The number of halogens is 2. The van der Waals surface area contributed by atoms with Gasteiger partial charge in [0.05, 0.1) is 41.8 Å². The van der Waals surface area contributed by atoms with Crippen molar-refractivity contribution in [2.75, 3.05) is 26.7 Å². The Kier molecular flexibility index (Phi) is 10.3. The van der Waals surface area contributed by atoms with Crippen LogP contribution in [-0.4, -0.2) is 63.5 Å². The highest BCUT2D eigenvalue weighted by molar-refractivity contribution is 6.36. The van der Waals surface area contributed by atoms with Gasteiger partial charge in [-0.1, -0.05) is 59.6 Å². The quantitative estimate of drug-likeness (QED) is 0.159. The van der Waals surface area contributed by atoms with Crippen LogP contribution in [0.3, 0.4) is 0 Å². The molecule has 0 radical (unpaired) electrons. The zero-order chi connectivity index (χ0) is 34.8. The summed E-state index contributed by atoms with van der Waals surface area (Å²) in [5, 5.41) is 13.8. The van der Waals surface area contributed by atoms with Crippen LogP contribution in [0.4, 0.5) is 0 Å². The number of carbonyl (C=O) groups excluding carboxylic acids is 1. The highest BCUT2D eigenvalue weighted by Crippen LogP contribution is 2.44. The highest BCUT2D eigenvalue weighted by Gasteiger charge is 2.31. The predicted molar refractivity (Wildman–Crippen MR) is 190 cm³/mol. The van der Waals surface area contributed by atoms with E-state index >= 15 is 0 Å². The minimum atomic E-state index is -0.770. The van der Waals surface area contributed by atoms with Gasteiger partial charge in [0.15, 0.2) is 0 Å². The number of likely N-dealkylation sites (tertiary alicyclic amines) is 1. The molecule has 2 fully saturated rings. The third-order valence-electron chi connectivity index (χ3n) is 10.0. The fourth-order valence-corrected chi connectivity index (χ4v) is 7.95. The van der Waals surface area contributed by atoms with Gasteiger partial charge < -0.3 is 19.9 Å². The maximum absolute atomic E-state index is 11.5. The number of nitrogens with one attached hydrogen (secondary N) is 1. The predicted octanol–water partition coefficient (Wildman–Crippen LogP) is 6.95. The van der Waals surface area contributed by atoms with Crippen molar-refractivity contribution in [2.24, 2.45) is 11.8 Å². The highest BCUT2D eigenvalue weighted by atomic mass is 35.5. The molecule has 12 heteroatoms. The molecule has 0 unspecified atom stereocenters. The maximum atomic E-state index is 11.5. The number of fused-ring (bicyclic) bond motifs is 1. The monoisotopic (exact) mass is 715 g/mol. The standard InChI is InChI=1S/C38H39Cl2N5O5/c1-49-36-24(21-45-13-12-23(20-45)38(47)48)15-32(39)37(44-36)50-34-11-10-28-27(4-2-5-29(28)34)30-6-3-7-31(35(30)40)33-19-42-25(18-43-33)17-41-16-22-8-9-26(46)14-22/h2-7,15,18-19,22-23,34,41H,8-14,16-17,20-21H2,1H3,(H,47,48)/t22-,23-,34+/m1/s1. The normalized spacial score (nSPS) is 20.3. The molecule has 1 aliphatic heterocycles. The van der Waals surface area contributed by atoms with Crippen LogP contribution in [0.15, 0.2) is 54.9 Å². The number of pyridine rings is 1. The first-order valence-corrected chi connectivity index (χ1v) is 17.8. The SMILES string of the molecule is COc1nc(O[C@H]2CCc3c(-c4cccc(-c5cnc(CNC[C@@H]6CCC(=O)C6)cn5)c4Cl)cccc32)c(Cl)cc1CN1CC[C@@H](C(=O)O)C1. The van der Waals surface area contributed by atoms with Gasteiger partial charge in [-0.2, -0.15) is 4.98 Å². The molecule has 2 aromatic heterocycles. The van der Waals surface area contributed by atoms with E-state index in [1.165, 1.54) is 0 Å². The molecule has 50 heavy (non-hydrogen) atoms. The van der Waals surface area contributed by atoms with Crippen LogP contribution in [0, 0.1) is 11.8 Å². The van der Waals surface area contributed by atoms with Crippen molar-refractivity contribution in [3.8, 4) is 34.1 Å². The van der Waals surface area contributed by atoms with E-state index in [1.807, 2.05) is 24.3 Å². The summed E-state index contributed by atoms with van der Waals surface area (Å²) in [6.07, 6.45) is 7.73. The van der Waals surface area contributed by atoms with Crippen LogP contribution in [0.25, 0.3) is 22.4 Å². The molecule has 2 N–H and O–H groups in total. The number of rotatable bonds is 12. The van der Waals surface area contributed by atoms with Gasteiger partial charge >= 0.3 is 5.97 Å². The van der Waals surface area contributed by atoms with E-state index < -0.39 is 5.97 Å². The number of hydrogen-bond donors (Lipinski definition) is 2. The Labute approximate surface area is 301 Å². The fourth-order valence-electron chi connectivity index (χ4n) is 7.40. The van der Waals surface area contributed by atoms with Crippen molar-refractivity contribution >= 4 is 35.0 Å². The van der Waals surface area contributed by atoms with Crippen molar-refractivity contribution in [3.63, 3.8) is 0 Å². The molecular formula is C38H39Cl2N5O5. The number of ketones is 1. The van der Waals surface area contributed by atoms with E-state index in [4.69, 9.17) is 32.7 Å². The minimum Gasteiger partial charge on any atom is -0.481 e. The number of carboxylic acids is 1. The number of nitrogens with zero attached hydrogens (tertiary/aromatic N) is 4. The Morgan fingerprint density at radius 2 is 1.84 bits per heavy atom. The second-order valence-electron chi connectivity index (χ2n) is 13.4. The summed E-state index contributed by atoms with van der Waals surface area (Å²) in [7, 11) is 1.56. The lowest BCUT2D eigenvalue weighted by Gasteiger charge is -2.20. The zero-order valence-electron chi connectivity index (χ0n) is 27.8. The second-order valence-corrected chi connectivity index (χ2v) is 14.1. The van der Waals surface area contributed by atoms with Gasteiger partial charge in [0.2, 0.25) is 11.8 Å². The van der Waals surface area contributed by atoms with Crippen LogP contribution in [0.5, 0.6) is 11.8 Å². The van der Waals surface area contributed by atoms with E-state index in [9.17, 15) is 14.7 Å². The minimum absolute atomic E-state index is 0.261. The molecule has 0 bridgehead atoms. The van der Waals surface area contributed by atoms with E-state index in [1.54, 1.807) is 25.6 Å². The van der Waals surface area contributed by atoms with Gasteiger partial charge in [-0.15, -0.1) is 0 Å². The number of Topliss-reactive ketones (excluding diaryl/α,β-unsaturated/α-hetero) is 1. The number of carbonyl (C=O) groups is 2. The number of carboxylic acid groups (broad SMARTS) is 1. The largest absolute Gasteiger partial charge is 0.481 e. The summed E-state index contributed by atoms with van der Waals surface area (Å²) in [5.74, 6) is 0.330. The molecule has 260 valence electrons. The number of methoxy groups -OCH3 is 1. The van der Waals surface area contributed by atoms with Crippen LogP contribution >= 0.6 is 23.2 Å². The number of aromatic nitrogens is 3. The molecule has 3 aliphatic rings. The molecule has 10 nitrogen and oxygen atoms in total. The summed E-state index contributed by atoms with van der Waals surface area (Å²) in [6, 6.07) is 13.9. The number of hydrogen-bond acceptors (Lipinski definition) is 9. The van der Waals surface area contributed by atoms with Crippen molar-refractivity contribution in [1.82, 2.24) is 25.2 Å². The molecule has 3 heterocycles. The second kappa shape index (κ2) is 15.0. The van der Waals surface area contributed by atoms with Crippen LogP contribution in [-0.2, 0) is 29.1 Å². The average molecular weight is 717 g/mol. The third-order valence-corrected chi connectivity index (χ3v) is 10.7. The molecule has 4 aromatic rings. The molecule has 1 saturated heterocycles. The zero-order valence-corrected chi connectivity index (χ0v) is 29.3. The third kappa shape index (κ3) is 7.35. The van der Waals surface area contributed by atoms with Crippen molar-refractivity contribution < 1.29 is 24.2 Å². The first kappa shape index (κ1) is 34.4. The molecule has 1 saturated carbocycles. The van der Waals surface area contributed by atoms with E-state index in [-0.39, 0.29) is 12.0 Å². The van der Waals surface area contributed by atoms with Gasteiger partial charge in [-0.05, 0) is 67.4 Å². The first-order valence-electron chi connectivity index (χ1n) is 17.1. The van der Waals surface area contributed by atoms with Gasteiger partial charge in [0, 0.05) is 49.2 Å². The molecule has 7 rings (SSSR count). The smallest absolute Gasteiger partial charge is 0.307 e. The van der Waals surface area contributed by atoms with Crippen molar-refractivity contribution in [1.29, 1.82) is 0 Å². The van der Waals surface area contributed by atoms with Gasteiger partial charge in [0.1, 0.15) is 16.9 Å². The van der Waals surface area contributed by atoms with Crippen LogP contribution in [0.1, 0.15) is 60.6 Å². The van der Waals surface area contributed by atoms with Crippen LogP contribution < -0.4 is 14.8 Å². The lowest BCUT2D eigenvalue weighted by Crippen LogP contribution is -2.23. The molecule has 2 aliphatic carbocycles. The molecule has 0 amide bonds. The number of ether oxygens (including phenoxy) is 2. The fraction of sp³-hybridized carbons (Fsp3) is 0.395. The maximum Gasteiger partial charge on any atom is 0.307 e. The summed E-state index contributed by atoms with van der Waals surface area (Å²) in [5.41, 5.74) is 7.29. The van der Waals surface area contributed by atoms with Crippen molar-refractivity contribution in [3.05, 3.63) is 87.3 Å². The first-order chi connectivity index (χ1) is 24.3. The summed E-state index contributed by atoms with van der Waals surface area (Å²) >= 11 is 13.8. The Bertz CT molecular complexity index is 1910. The van der Waals surface area contributed by atoms with Gasteiger partial charge in [-0.25, -0.2) is 0 Å². The Hall–Kier alpha value is -4.09. The summed E-state index contributed by atoms with van der Waals surface area (Å²) in [6.45, 7) is 3.05. The molecule has 2 aromatic carbocycles. The average Bonchev–Trinajstić information content (AvgIpc) is 3.87. The molecular weight excluding hydrogens is 677 g/mol. The Morgan fingerprint density at radius 3 is 2.58 bits per heavy atom.